The minimum atomic E-state index is 1.06. The van der Waals surface area contributed by atoms with Gasteiger partial charge in [-0.15, -0.1) is 0 Å². The third-order valence-corrected chi connectivity index (χ3v) is 1.91. The van der Waals surface area contributed by atoms with Gasteiger partial charge in [0.15, 0.2) is 0 Å². The molecule has 2 N–H and O–H groups in total. The van der Waals surface area contributed by atoms with Crippen LogP contribution in [0.25, 0.3) is 0 Å². The van der Waals surface area contributed by atoms with Crippen molar-refractivity contribution in [2.24, 2.45) is 0 Å². The zero-order valence-electron chi connectivity index (χ0n) is 5.98. The molecule has 1 saturated heterocycles. The fourth-order valence-corrected chi connectivity index (χ4v) is 1.40. The highest BCUT2D eigenvalue weighted by atomic mass is 15.0. The smallest absolute Gasteiger partial charge is 0.0532 e. The largest absolute Gasteiger partial charge is 0.382 e. The van der Waals surface area contributed by atoms with Crippen molar-refractivity contribution in [3.05, 3.63) is 23.5 Å². The lowest BCUT2D eigenvalue weighted by Gasteiger charge is -2.24. The molecule has 0 amide bonds. The van der Waals surface area contributed by atoms with Crippen molar-refractivity contribution >= 4 is 0 Å². The molecular formula is C8H12N2. The maximum absolute atomic E-state index is 3.35. The normalized spacial score (nSPS) is 23.2. The minimum absolute atomic E-state index is 1.06. The van der Waals surface area contributed by atoms with Gasteiger partial charge in [0, 0.05) is 13.1 Å². The molecule has 2 nitrogen and oxygen atoms in total. The van der Waals surface area contributed by atoms with Crippen molar-refractivity contribution in [3.8, 4) is 0 Å². The SMILES string of the molecule is C1=C2NCCNC2=CCC1. The van der Waals surface area contributed by atoms with Gasteiger partial charge in [-0.2, -0.15) is 0 Å². The lowest BCUT2D eigenvalue weighted by atomic mass is 10.1. The molecule has 10 heavy (non-hydrogen) atoms. The summed E-state index contributed by atoms with van der Waals surface area (Å²) in [7, 11) is 0. The van der Waals surface area contributed by atoms with Gasteiger partial charge in [-0.1, -0.05) is 12.2 Å². The van der Waals surface area contributed by atoms with Crippen molar-refractivity contribution in [2.75, 3.05) is 13.1 Å². The third-order valence-electron chi connectivity index (χ3n) is 1.91. The van der Waals surface area contributed by atoms with Crippen LogP contribution in [0.15, 0.2) is 23.5 Å². The number of piperazine rings is 1. The van der Waals surface area contributed by atoms with Gasteiger partial charge in [0.05, 0.1) is 11.4 Å². The van der Waals surface area contributed by atoms with Gasteiger partial charge in [-0.3, -0.25) is 0 Å². The van der Waals surface area contributed by atoms with Crippen LogP contribution in [0.4, 0.5) is 0 Å². The van der Waals surface area contributed by atoms with E-state index in [0.29, 0.717) is 0 Å². The summed E-state index contributed by atoms with van der Waals surface area (Å²) in [6.45, 7) is 2.12. The first-order valence-electron chi connectivity index (χ1n) is 3.85. The Morgan fingerprint density at radius 1 is 0.900 bits per heavy atom. The fourth-order valence-electron chi connectivity index (χ4n) is 1.40. The molecule has 0 radical (unpaired) electrons. The van der Waals surface area contributed by atoms with E-state index in [1.54, 1.807) is 0 Å². The molecule has 0 bridgehead atoms. The molecule has 0 saturated carbocycles. The first-order chi connectivity index (χ1) is 4.97. The van der Waals surface area contributed by atoms with Gasteiger partial charge in [0.2, 0.25) is 0 Å². The summed E-state index contributed by atoms with van der Waals surface area (Å²) in [6, 6.07) is 0. The summed E-state index contributed by atoms with van der Waals surface area (Å²) in [5.41, 5.74) is 2.61. The molecule has 2 aliphatic rings. The van der Waals surface area contributed by atoms with Crippen LogP contribution < -0.4 is 10.6 Å². The average molecular weight is 136 g/mol. The van der Waals surface area contributed by atoms with Gasteiger partial charge in [-0.05, 0) is 12.8 Å². The number of allylic oxidation sites excluding steroid dienone is 2. The second kappa shape index (κ2) is 2.37. The van der Waals surface area contributed by atoms with Crippen molar-refractivity contribution in [2.45, 2.75) is 12.8 Å². The predicted molar refractivity (Wildman–Crippen MR) is 41.4 cm³/mol. The summed E-state index contributed by atoms with van der Waals surface area (Å²) in [5, 5.41) is 6.70. The summed E-state index contributed by atoms with van der Waals surface area (Å²) < 4.78 is 0. The van der Waals surface area contributed by atoms with Crippen LogP contribution in [-0.2, 0) is 0 Å². The van der Waals surface area contributed by atoms with Crippen LogP contribution in [-0.4, -0.2) is 13.1 Å². The van der Waals surface area contributed by atoms with Gasteiger partial charge in [0.1, 0.15) is 0 Å². The van der Waals surface area contributed by atoms with Crippen LogP contribution >= 0.6 is 0 Å². The Morgan fingerprint density at radius 2 is 1.40 bits per heavy atom. The summed E-state index contributed by atoms with van der Waals surface area (Å²) in [5.74, 6) is 0. The monoisotopic (exact) mass is 136 g/mol. The molecule has 0 aromatic rings. The van der Waals surface area contributed by atoms with E-state index < -0.39 is 0 Å². The Hall–Kier alpha value is -0.920. The molecule has 0 aromatic carbocycles. The summed E-state index contributed by atoms with van der Waals surface area (Å²) in [6.07, 6.45) is 6.91. The van der Waals surface area contributed by atoms with Crippen molar-refractivity contribution < 1.29 is 0 Å². The maximum Gasteiger partial charge on any atom is 0.0532 e. The topological polar surface area (TPSA) is 24.1 Å². The zero-order chi connectivity index (χ0) is 6.81. The van der Waals surface area contributed by atoms with Gasteiger partial charge < -0.3 is 10.6 Å². The first-order valence-corrected chi connectivity index (χ1v) is 3.85. The average Bonchev–Trinajstić information content (AvgIpc) is 2.05. The van der Waals surface area contributed by atoms with Crippen molar-refractivity contribution in [1.29, 1.82) is 0 Å². The first kappa shape index (κ1) is 5.83. The molecule has 54 valence electrons. The second-order valence-corrected chi connectivity index (χ2v) is 2.67. The minimum Gasteiger partial charge on any atom is -0.382 e. The Bertz CT molecular complexity index is 169. The van der Waals surface area contributed by atoms with E-state index in [2.05, 4.69) is 22.8 Å². The summed E-state index contributed by atoms with van der Waals surface area (Å²) in [4.78, 5) is 0. The van der Waals surface area contributed by atoms with Crippen LogP contribution in [0.5, 0.6) is 0 Å². The van der Waals surface area contributed by atoms with E-state index in [1.165, 1.54) is 24.2 Å². The molecular weight excluding hydrogens is 124 g/mol. The number of rotatable bonds is 0. The van der Waals surface area contributed by atoms with E-state index in [-0.39, 0.29) is 0 Å². The third kappa shape index (κ3) is 0.897. The quantitative estimate of drug-likeness (QED) is 0.513. The Morgan fingerprint density at radius 3 is 1.90 bits per heavy atom. The highest BCUT2D eigenvalue weighted by molar-refractivity contribution is 5.32. The van der Waals surface area contributed by atoms with Crippen molar-refractivity contribution in [1.82, 2.24) is 10.6 Å². The van der Waals surface area contributed by atoms with E-state index >= 15 is 0 Å². The molecule has 1 heterocycles. The number of hydrogen-bond donors (Lipinski definition) is 2. The molecule has 0 spiro atoms. The standard InChI is InChI=1S/C8H12N2/c1-2-4-8-7(3-1)9-5-6-10-8/h3-4,9-10H,1-2,5-6H2. The number of fused-ring (bicyclic) bond motifs is 1. The molecule has 1 fully saturated rings. The van der Waals surface area contributed by atoms with Gasteiger partial charge in [-0.25, -0.2) is 0 Å². The van der Waals surface area contributed by atoms with Gasteiger partial charge in [0.25, 0.3) is 0 Å². The lowest BCUT2D eigenvalue weighted by molar-refractivity contribution is 0.642. The highest BCUT2D eigenvalue weighted by Gasteiger charge is 2.10. The molecule has 2 rings (SSSR count). The molecule has 0 atom stereocenters. The highest BCUT2D eigenvalue weighted by Crippen LogP contribution is 2.15. The van der Waals surface area contributed by atoms with E-state index in [4.69, 9.17) is 0 Å². The molecule has 2 heteroatoms. The molecule has 1 aliphatic heterocycles. The Labute approximate surface area is 61.0 Å². The Balaban J connectivity index is 2.19. The van der Waals surface area contributed by atoms with Crippen LogP contribution in [0.2, 0.25) is 0 Å². The van der Waals surface area contributed by atoms with Crippen molar-refractivity contribution in [3.63, 3.8) is 0 Å². The zero-order valence-corrected chi connectivity index (χ0v) is 5.98. The van der Waals surface area contributed by atoms with E-state index in [9.17, 15) is 0 Å². The maximum atomic E-state index is 3.35. The number of nitrogens with one attached hydrogen (secondary N) is 2. The van der Waals surface area contributed by atoms with Crippen LogP contribution in [0, 0.1) is 0 Å². The van der Waals surface area contributed by atoms with E-state index in [0.717, 1.165) is 13.1 Å². The van der Waals surface area contributed by atoms with Gasteiger partial charge >= 0.3 is 0 Å². The van der Waals surface area contributed by atoms with E-state index in [1.807, 2.05) is 0 Å². The molecule has 1 aliphatic carbocycles. The second-order valence-electron chi connectivity index (χ2n) is 2.67. The fraction of sp³-hybridized carbons (Fsp3) is 0.500. The van der Waals surface area contributed by atoms with Crippen LogP contribution in [0.3, 0.4) is 0 Å². The molecule has 0 unspecified atom stereocenters. The predicted octanol–water partition coefficient (Wildman–Crippen LogP) is 0.741. The molecule has 0 aromatic heterocycles. The number of hydrogen-bond acceptors (Lipinski definition) is 2. The summed E-state index contributed by atoms with van der Waals surface area (Å²) >= 11 is 0. The Kier molecular flexibility index (Phi) is 1.38. The lowest BCUT2D eigenvalue weighted by Crippen LogP contribution is -2.37. The van der Waals surface area contributed by atoms with Crippen LogP contribution in [0.1, 0.15) is 12.8 Å².